The molecule has 0 saturated carbocycles. The number of pyridine rings is 1. The van der Waals surface area contributed by atoms with E-state index in [0.29, 0.717) is 5.56 Å². The van der Waals surface area contributed by atoms with Gasteiger partial charge in [0.15, 0.2) is 14.4 Å². The molecular weight excluding hydrogens is 733 g/mol. The molecule has 3 N–H and O–H groups in total. The summed E-state index contributed by atoms with van der Waals surface area (Å²) in [5.41, 5.74) is -2.38. The second kappa shape index (κ2) is 18.6. The van der Waals surface area contributed by atoms with E-state index in [9.17, 15) is 41.9 Å². The minimum atomic E-state index is -4.84. The Morgan fingerprint density at radius 3 is 1.74 bits per heavy atom. The molecule has 1 aromatic heterocycles. The monoisotopic (exact) mass is 784 g/mol. The van der Waals surface area contributed by atoms with E-state index in [1.807, 2.05) is 0 Å². The number of hydrogen-bond acceptors (Lipinski definition) is 10. The molecule has 1 aromatic carbocycles. The zero-order chi connectivity index (χ0) is 41.2. The number of benzene rings is 1. The molecule has 0 spiro atoms. The molecular formula is C36H51F3N4O10Si. The topological polar surface area (TPSA) is 180 Å². The molecule has 2 unspecified atom stereocenters. The number of rotatable bonds is 16. The van der Waals surface area contributed by atoms with Gasteiger partial charge in [-0.05, 0) is 41.7 Å². The Morgan fingerprint density at radius 1 is 0.815 bits per heavy atom. The van der Waals surface area contributed by atoms with Gasteiger partial charge in [-0.3, -0.25) is 28.5 Å². The number of anilines is 1. The van der Waals surface area contributed by atoms with E-state index in [1.54, 1.807) is 64.2 Å². The average Bonchev–Trinajstić information content (AvgIpc) is 3.04. The average molecular weight is 785 g/mol. The van der Waals surface area contributed by atoms with Gasteiger partial charge in [-0.15, -0.1) is 0 Å². The Morgan fingerprint density at radius 2 is 1.31 bits per heavy atom. The summed E-state index contributed by atoms with van der Waals surface area (Å²) < 4.78 is 65.8. The number of alkyl halides is 3. The first kappa shape index (κ1) is 45.4. The second-order valence-electron chi connectivity index (χ2n) is 14.8. The SMILES string of the molecule is CC(=O)OCC(COC(C)=O)(COC(C)=O)NC(=O)Nc1ccc(-c2ccccc2)n(CC(=O)NC(C(C)C)C(O[Si](C)(C)C(C)(C)C)C(F)(F)F)c1=O. The number of halogens is 3. The summed E-state index contributed by atoms with van der Waals surface area (Å²) in [5.74, 6) is -3.96. The molecule has 3 amide bonds. The first-order valence-corrected chi connectivity index (χ1v) is 20.0. The van der Waals surface area contributed by atoms with Crippen molar-refractivity contribution in [1.29, 1.82) is 0 Å². The van der Waals surface area contributed by atoms with Gasteiger partial charge in [0.05, 0.1) is 11.7 Å². The number of ether oxygens (including phenoxy) is 3. The number of nitrogens with one attached hydrogen (secondary N) is 3. The molecule has 0 saturated heterocycles. The first-order valence-electron chi connectivity index (χ1n) is 17.1. The van der Waals surface area contributed by atoms with Crippen LogP contribution in [0.2, 0.25) is 18.1 Å². The Bertz CT molecular complexity index is 1660. The van der Waals surface area contributed by atoms with Crippen LogP contribution in [-0.4, -0.2) is 86.4 Å². The predicted molar refractivity (Wildman–Crippen MR) is 196 cm³/mol. The third kappa shape index (κ3) is 13.3. The van der Waals surface area contributed by atoms with Gasteiger partial charge in [0, 0.05) is 20.8 Å². The highest BCUT2D eigenvalue weighted by Gasteiger charge is 2.52. The smallest absolute Gasteiger partial charge is 0.415 e. The zero-order valence-corrected chi connectivity index (χ0v) is 33.3. The second-order valence-corrected chi connectivity index (χ2v) is 19.5. The van der Waals surface area contributed by atoms with Crippen molar-refractivity contribution in [2.24, 2.45) is 5.92 Å². The molecule has 2 rings (SSSR count). The molecule has 0 aliphatic carbocycles. The van der Waals surface area contributed by atoms with Gasteiger partial charge in [0.25, 0.3) is 5.56 Å². The van der Waals surface area contributed by atoms with Crippen LogP contribution in [0.5, 0.6) is 0 Å². The van der Waals surface area contributed by atoms with Crippen LogP contribution in [0.3, 0.4) is 0 Å². The molecule has 1 heterocycles. The third-order valence-electron chi connectivity index (χ3n) is 8.75. The van der Waals surface area contributed by atoms with Crippen LogP contribution in [0.25, 0.3) is 11.3 Å². The lowest BCUT2D eigenvalue weighted by atomic mass is 9.98. The molecule has 0 bridgehead atoms. The predicted octanol–water partition coefficient (Wildman–Crippen LogP) is 5.16. The number of carbonyl (C=O) groups excluding carboxylic acids is 5. The van der Waals surface area contributed by atoms with E-state index in [4.69, 9.17) is 18.6 Å². The maximum Gasteiger partial charge on any atom is 0.415 e. The van der Waals surface area contributed by atoms with Gasteiger partial charge < -0.3 is 34.6 Å². The van der Waals surface area contributed by atoms with Gasteiger partial charge in [-0.2, -0.15) is 13.2 Å². The molecule has 14 nitrogen and oxygen atoms in total. The van der Waals surface area contributed by atoms with Crippen molar-refractivity contribution in [3.05, 3.63) is 52.8 Å². The Labute approximate surface area is 313 Å². The lowest BCUT2D eigenvalue weighted by Crippen LogP contribution is -2.60. The van der Waals surface area contributed by atoms with Crippen LogP contribution in [0.1, 0.15) is 55.4 Å². The van der Waals surface area contributed by atoms with E-state index in [2.05, 4.69) is 16.0 Å². The molecule has 2 aromatic rings. The van der Waals surface area contributed by atoms with Crippen molar-refractivity contribution in [3.8, 4) is 11.3 Å². The first-order chi connectivity index (χ1) is 24.8. The van der Waals surface area contributed by atoms with E-state index >= 15 is 0 Å². The lowest BCUT2D eigenvalue weighted by Gasteiger charge is -2.42. The molecule has 0 fully saturated rings. The fourth-order valence-corrected chi connectivity index (χ4v) is 6.11. The van der Waals surface area contributed by atoms with Crippen LogP contribution in [0.15, 0.2) is 47.3 Å². The van der Waals surface area contributed by atoms with Crippen molar-refractivity contribution in [2.45, 2.75) is 104 Å². The van der Waals surface area contributed by atoms with Gasteiger partial charge in [0.2, 0.25) is 5.91 Å². The van der Waals surface area contributed by atoms with Crippen LogP contribution in [0.4, 0.5) is 23.7 Å². The van der Waals surface area contributed by atoms with E-state index in [0.717, 1.165) is 25.3 Å². The maximum atomic E-state index is 14.6. The third-order valence-corrected chi connectivity index (χ3v) is 13.2. The minimum absolute atomic E-state index is 0.210. The Hall–Kier alpha value is -4.71. The highest BCUT2D eigenvalue weighted by molar-refractivity contribution is 6.74. The van der Waals surface area contributed by atoms with E-state index < -0.39 is 105 Å². The van der Waals surface area contributed by atoms with Crippen molar-refractivity contribution in [2.75, 3.05) is 25.1 Å². The number of carbonyl (C=O) groups is 5. The summed E-state index contributed by atoms with van der Waals surface area (Å²) in [6, 6.07) is 8.47. The van der Waals surface area contributed by atoms with Crippen molar-refractivity contribution < 1.29 is 55.8 Å². The Kier molecular flexibility index (Phi) is 15.6. The summed E-state index contributed by atoms with van der Waals surface area (Å²) in [7, 11) is -2.99. The number of nitrogens with zero attached hydrogens (tertiary/aromatic N) is 1. The molecule has 300 valence electrons. The number of aromatic nitrogens is 1. The fourth-order valence-electron chi connectivity index (χ4n) is 4.84. The van der Waals surface area contributed by atoms with Gasteiger partial charge in [-0.25, -0.2) is 4.79 Å². The molecule has 0 aliphatic heterocycles. The van der Waals surface area contributed by atoms with Crippen molar-refractivity contribution in [3.63, 3.8) is 0 Å². The van der Waals surface area contributed by atoms with Crippen molar-refractivity contribution in [1.82, 2.24) is 15.2 Å². The number of hydrogen-bond donors (Lipinski definition) is 3. The van der Waals surface area contributed by atoms with Crippen LogP contribution >= 0.6 is 0 Å². The van der Waals surface area contributed by atoms with Gasteiger partial charge in [0.1, 0.15) is 37.6 Å². The quantitative estimate of drug-likeness (QED) is 0.117. The number of urea groups is 1. The fraction of sp³-hybridized carbons (Fsp3) is 0.556. The summed E-state index contributed by atoms with van der Waals surface area (Å²) in [6.45, 7) is 12.5. The Balaban J connectivity index is 2.56. The summed E-state index contributed by atoms with van der Waals surface area (Å²) >= 11 is 0. The van der Waals surface area contributed by atoms with Crippen LogP contribution in [-0.2, 0) is 44.4 Å². The zero-order valence-electron chi connectivity index (χ0n) is 32.3. The van der Waals surface area contributed by atoms with Crippen LogP contribution in [0, 0.1) is 5.92 Å². The summed E-state index contributed by atoms with van der Waals surface area (Å²) in [6.07, 6.45) is -7.17. The maximum absolute atomic E-state index is 14.6. The number of esters is 3. The van der Waals surface area contributed by atoms with Crippen LogP contribution < -0.4 is 21.5 Å². The minimum Gasteiger partial charge on any atom is -0.463 e. The highest BCUT2D eigenvalue weighted by Crippen LogP contribution is 2.41. The standard InChI is InChI=1S/C36H51F3N4O10Si/c1-22(2)30(31(36(37,38)39)53-54(9,10)34(6,7)8)41-29(47)18-43-28(26-14-12-11-13-15-26)17-16-27(32(43)48)40-33(49)42-35(19-50-23(3)44,20-51-24(4)45)21-52-25(5)46/h11-17,22,30-31H,18-21H2,1-10H3,(H,41,47)(H2,40,42,49). The molecule has 0 aliphatic rings. The lowest BCUT2D eigenvalue weighted by molar-refractivity contribution is -0.210. The van der Waals surface area contributed by atoms with E-state index in [1.165, 1.54) is 26.0 Å². The van der Waals surface area contributed by atoms with Gasteiger partial charge >= 0.3 is 30.1 Å². The molecule has 54 heavy (non-hydrogen) atoms. The van der Waals surface area contributed by atoms with Gasteiger partial charge in [-0.1, -0.05) is 65.0 Å². The summed E-state index contributed by atoms with van der Waals surface area (Å²) in [4.78, 5) is 76.0. The molecule has 18 heteroatoms. The molecule has 2 atom stereocenters. The summed E-state index contributed by atoms with van der Waals surface area (Å²) in [5, 5.41) is 6.70. The normalized spacial score (nSPS) is 13.4. The molecule has 0 radical (unpaired) electrons. The van der Waals surface area contributed by atoms with E-state index in [-0.39, 0.29) is 11.4 Å². The number of amides is 3. The highest BCUT2D eigenvalue weighted by atomic mass is 28.4. The largest absolute Gasteiger partial charge is 0.463 e. The van der Waals surface area contributed by atoms with Crippen molar-refractivity contribution >= 4 is 43.9 Å².